The highest BCUT2D eigenvalue weighted by atomic mass is 32.1. The quantitative estimate of drug-likeness (QED) is 0.521. The van der Waals surface area contributed by atoms with Crippen molar-refractivity contribution in [3.63, 3.8) is 0 Å². The number of alkyl halides is 6. The van der Waals surface area contributed by atoms with Crippen LogP contribution in [0, 0.1) is 0 Å². The van der Waals surface area contributed by atoms with E-state index < -0.39 is 34.9 Å². The van der Waals surface area contributed by atoms with Crippen molar-refractivity contribution in [1.82, 2.24) is 15.0 Å². The lowest BCUT2D eigenvalue weighted by molar-refractivity contribution is -0.192. The zero-order valence-electron chi connectivity index (χ0n) is 15.5. The highest BCUT2D eigenvalue weighted by Gasteiger charge is 2.40. The van der Waals surface area contributed by atoms with Crippen molar-refractivity contribution in [3.05, 3.63) is 33.6 Å². The summed E-state index contributed by atoms with van der Waals surface area (Å²) in [7, 11) is 1.47. The normalized spacial score (nSPS) is 13.9. The second-order valence-electron chi connectivity index (χ2n) is 6.28. The number of nitrogens with zero attached hydrogens (tertiary/aromatic N) is 3. The number of carbonyl (C=O) groups excluding carboxylic acids is 2. The van der Waals surface area contributed by atoms with Gasteiger partial charge in [-0.15, -0.1) is 11.3 Å². The fourth-order valence-electron chi connectivity index (χ4n) is 2.01. The molecule has 15 heteroatoms. The molecule has 1 amide bonds. The first-order chi connectivity index (χ1) is 14.2. The summed E-state index contributed by atoms with van der Waals surface area (Å²) in [5, 5.41) is 10.9. The van der Waals surface area contributed by atoms with Gasteiger partial charge in [0.05, 0.1) is 16.3 Å². The molecule has 0 bridgehead atoms. The van der Waals surface area contributed by atoms with Gasteiger partial charge in [0.1, 0.15) is 0 Å². The minimum atomic E-state index is -5.08. The van der Waals surface area contributed by atoms with Gasteiger partial charge in [-0.3, -0.25) is 9.59 Å². The minimum Gasteiger partial charge on any atom is -0.475 e. The maximum atomic E-state index is 12.4. The average molecular weight is 473 g/mol. The van der Waals surface area contributed by atoms with Crippen molar-refractivity contribution in [1.29, 1.82) is 0 Å². The first-order valence-corrected chi connectivity index (χ1v) is 9.11. The van der Waals surface area contributed by atoms with E-state index in [2.05, 4.69) is 10.1 Å². The van der Waals surface area contributed by atoms with Gasteiger partial charge in [0.15, 0.2) is 5.82 Å². The van der Waals surface area contributed by atoms with E-state index in [4.69, 9.17) is 14.4 Å². The van der Waals surface area contributed by atoms with Crippen LogP contribution in [0.15, 0.2) is 16.7 Å². The second kappa shape index (κ2) is 9.03. The number of amides is 1. The number of aliphatic carboxylic acids is 1. The molecular formula is C16H13F6N3O5S. The number of halogens is 6. The number of rotatable bonds is 5. The number of aromatic nitrogens is 2. The zero-order valence-corrected chi connectivity index (χ0v) is 16.3. The summed E-state index contributed by atoms with van der Waals surface area (Å²) in [5.41, 5.74) is 0. The molecule has 2 aromatic rings. The lowest BCUT2D eigenvalue weighted by Gasteiger charge is -2.13. The lowest BCUT2D eigenvalue weighted by atomic mass is 10.3. The third kappa shape index (κ3) is 6.77. The molecule has 0 spiro atoms. The molecule has 0 radical (unpaired) electrons. The van der Waals surface area contributed by atoms with Gasteiger partial charge in [0, 0.05) is 13.0 Å². The second-order valence-corrected chi connectivity index (χ2v) is 7.36. The van der Waals surface area contributed by atoms with Crippen molar-refractivity contribution < 1.29 is 50.4 Å². The molecule has 2 heterocycles. The molecule has 1 N–H and O–H groups in total. The van der Waals surface area contributed by atoms with Gasteiger partial charge in [-0.25, -0.2) is 4.79 Å². The zero-order chi connectivity index (χ0) is 23.6. The van der Waals surface area contributed by atoms with Gasteiger partial charge in [0.2, 0.25) is 5.89 Å². The van der Waals surface area contributed by atoms with E-state index in [0.29, 0.717) is 29.0 Å². The van der Waals surface area contributed by atoms with Crippen LogP contribution in [0.5, 0.6) is 0 Å². The van der Waals surface area contributed by atoms with Crippen molar-refractivity contribution in [3.8, 4) is 0 Å². The third-order valence-electron chi connectivity index (χ3n) is 3.68. The topological polar surface area (TPSA) is 114 Å². The molecule has 0 atom stereocenters. The summed E-state index contributed by atoms with van der Waals surface area (Å²) in [6, 6.07) is 2.20. The Morgan fingerprint density at radius 3 is 2.16 bits per heavy atom. The molecule has 2 aromatic heterocycles. The Balaban J connectivity index is 0.000000423. The summed E-state index contributed by atoms with van der Waals surface area (Å²) < 4.78 is 74.0. The van der Waals surface area contributed by atoms with Crippen molar-refractivity contribution in [2.45, 2.75) is 37.7 Å². The van der Waals surface area contributed by atoms with Crippen LogP contribution in [0.4, 0.5) is 26.3 Å². The number of thiophene rings is 1. The number of Topliss-reactive ketones (excluding diaryl/α,β-unsaturated/α-hetero) is 1. The van der Waals surface area contributed by atoms with Crippen LogP contribution in [0.25, 0.3) is 0 Å². The molecular weight excluding hydrogens is 460 g/mol. The molecule has 0 saturated heterocycles. The fraction of sp³-hybridized carbons (Fsp3) is 0.438. The van der Waals surface area contributed by atoms with Crippen LogP contribution in [0.2, 0.25) is 0 Å². The van der Waals surface area contributed by atoms with E-state index in [1.54, 1.807) is 0 Å². The minimum absolute atomic E-state index is 0.0380. The predicted octanol–water partition coefficient (Wildman–Crippen LogP) is 3.66. The molecule has 1 aliphatic rings. The first kappa shape index (κ1) is 24.3. The van der Waals surface area contributed by atoms with Crippen molar-refractivity contribution >= 4 is 29.0 Å². The van der Waals surface area contributed by atoms with Crippen LogP contribution in [-0.4, -0.2) is 57.2 Å². The smallest absolute Gasteiger partial charge is 0.475 e. The van der Waals surface area contributed by atoms with Gasteiger partial charge >= 0.3 is 18.3 Å². The SMILES string of the molecule is CN(Cc1noc(C2CC2)n1)C(=O)c1ccc(C(=O)C(F)(F)F)s1.O=C(O)C(F)(F)F. The molecule has 0 unspecified atom stereocenters. The van der Waals surface area contributed by atoms with E-state index in [1.807, 2.05) is 0 Å². The number of carboxylic acid groups (broad SMARTS) is 1. The highest BCUT2D eigenvalue weighted by Crippen LogP contribution is 2.38. The summed E-state index contributed by atoms with van der Waals surface area (Å²) >= 11 is 0.510. The van der Waals surface area contributed by atoms with E-state index in [-0.39, 0.29) is 11.4 Å². The monoisotopic (exact) mass is 473 g/mol. The Kier molecular flexibility index (Phi) is 7.08. The molecule has 31 heavy (non-hydrogen) atoms. The third-order valence-corrected chi connectivity index (χ3v) is 4.75. The Morgan fingerprint density at radius 1 is 1.13 bits per heavy atom. The molecule has 3 rings (SSSR count). The Bertz CT molecular complexity index is 964. The van der Waals surface area contributed by atoms with Crippen LogP contribution < -0.4 is 0 Å². The maximum absolute atomic E-state index is 12.4. The van der Waals surface area contributed by atoms with Gasteiger partial charge in [-0.1, -0.05) is 5.16 Å². The van der Waals surface area contributed by atoms with Crippen LogP contribution in [0.1, 0.15) is 49.8 Å². The standard InChI is InChI=1S/C14H12F3N3O3S.C2HF3O2/c1-20(6-10-18-12(23-19-10)7-2-3-7)13(22)9-5-4-8(24-9)11(21)14(15,16)17;3-2(4,5)1(6)7/h4-5,7H,2-3,6H2,1H3;(H,6,7). The number of ketones is 1. The van der Waals surface area contributed by atoms with Crippen molar-refractivity contribution in [2.24, 2.45) is 0 Å². The van der Waals surface area contributed by atoms with Crippen LogP contribution >= 0.6 is 11.3 Å². The predicted molar refractivity (Wildman–Crippen MR) is 90.5 cm³/mol. The van der Waals surface area contributed by atoms with E-state index in [1.165, 1.54) is 18.0 Å². The molecule has 170 valence electrons. The summed E-state index contributed by atoms with van der Waals surface area (Å²) in [4.78, 5) is 37.3. The summed E-state index contributed by atoms with van der Waals surface area (Å²) in [6.07, 6.45) is -8.04. The number of carbonyl (C=O) groups is 3. The molecule has 0 aliphatic heterocycles. The molecule has 1 saturated carbocycles. The van der Waals surface area contributed by atoms with Gasteiger partial charge in [-0.2, -0.15) is 31.3 Å². The number of hydrogen-bond acceptors (Lipinski definition) is 7. The average Bonchev–Trinajstić information content (AvgIpc) is 3.20. The Hall–Kier alpha value is -2.97. The maximum Gasteiger partial charge on any atom is 0.490 e. The van der Waals surface area contributed by atoms with Gasteiger partial charge in [-0.05, 0) is 25.0 Å². The van der Waals surface area contributed by atoms with E-state index in [9.17, 15) is 35.9 Å². The van der Waals surface area contributed by atoms with Crippen LogP contribution in [-0.2, 0) is 11.3 Å². The summed E-state index contributed by atoms with van der Waals surface area (Å²) in [5.74, 6) is -4.07. The molecule has 0 aromatic carbocycles. The molecule has 1 fully saturated rings. The largest absolute Gasteiger partial charge is 0.490 e. The Labute approximate surface area is 173 Å². The Morgan fingerprint density at radius 2 is 1.68 bits per heavy atom. The molecule has 8 nitrogen and oxygen atoms in total. The molecule has 1 aliphatic carbocycles. The first-order valence-electron chi connectivity index (χ1n) is 8.29. The fourth-order valence-corrected chi connectivity index (χ4v) is 2.98. The van der Waals surface area contributed by atoms with E-state index in [0.717, 1.165) is 18.9 Å². The summed E-state index contributed by atoms with van der Waals surface area (Å²) in [6.45, 7) is 0.0650. The number of carboxylic acids is 1. The highest BCUT2D eigenvalue weighted by molar-refractivity contribution is 7.16. The van der Waals surface area contributed by atoms with Gasteiger partial charge in [0.25, 0.3) is 11.7 Å². The van der Waals surface area contributed by atoms with Crippen molar-refractivity contribution in [2.75, 3.05) is 7.05 Å². The number of hydrogen-bond donors (Lipinski definition) is 1. The van der Waals surface area contributed by atoms with E-state index >= 15 is 0 Å². The van der Waals surface area contributed by atoms with Gasteiger partial charge < -0.3 is 14.5 Å². The van der Waals surface area contributed by atoms with Crippen LogP contribution in [0.3, 0.4) is 0 Å². The lowest BCUT2D eigenvalue weighted by Crippen LogP contribution is -2.26.